The minimum atomic E-state index is -0.458. The van der Waals surface area contributed by atoms with E-state index in [9.17, 15) is 9.59 Å². The van der Waals surface area contributed by atoms with E-state index in [1.54, 1.807) is 13.8 Å². The third-order valence-corrected chi connectivity index (χ3v) is 4.27. The van der Waals surface area contributed by atoms with Crippen molar-refractivity contribution in [2.75, 3.05) is 19.0 Å². The largest absolute Gasteiger partial charge is 0.494 e. The molecule has 0 unspecified atom stereocenters. The highest BCUT2D eigenvalue weighted by atomic mass is 16.5. The lowest BCUT2D eigenvalue weighted by Crippen LogP contribution is -2.15. The molecule has 1 heterocycles. The number of anilines is 1. The molecule has 6 heteroatoms. The van der Waals surface area contributed by atoms with Crippen LogP contribution in [0.1, 0.15) is 57.4 Å². The second-order valence-electron chi connectivity index (χ2n) is 6.25. The van der Waals surface area contributed by atoms with Crippen molar-refractivity contribution in [1.82, 2.24) is 4.98 Å². The number of esters is 1. The molecule has 1 aromatic heterocycles. The monoisotopic (exact) mass is 358 g/mol. The van der Waals surface area contributed by atoms with Crippen LogP contribution >= 0.6 is 0 Å². The topological polar surface area (TPSA) is 80.4 Å². The van der Waals surface area contributed by atoms with Gasteiger partial charge in [-0.25, -0.2) is 4.79 Å². The molecule has 0 saturated heterocycles. The Morgan fingerprint density at radius 3 is 2.54 bits per heavy atom. The Labute approximate surface area is 153 Å². The highest BCUT2D eigenvalue weighted by molar-refractivity contribution is 6.07. The third-order valence-electron chi connectivity index (χ3n) is 4.27. The molecule has 0 fully saturated rings. The van der Waals surface area contributed by atoms with E-state index in [0.29, 0.717) is 34.8 Å². The number of methoxy groups -OCH3 is 1. The summed E-state index contributed by atoms with van der Waals surface area (Å²) in [6, 6.07) is 5.56. The summed E-state index contributed by atoms with van der Waals surface area (Å²) in [5.41, 5.74) is 3.53. The lowest BCUT2D eigenvalue weighted by Gasteiger charge is -2.11. The van der Waals surface area contributed by atoms with Crippen LogP contribution in [0.25, 0.3) is 0 Å². The van der Waals surface area contributed by atoms with Crippen molar-refractivity contribution in [1.29, 1.82) is 0 Å². The molecular weight excluding hydrogens is 332 g/mol. The maximum atomic E-state index is 12.6. The zero-order chi connectivity index (χ0) is 19.3. The second kappa shape index (κ2) is 8.56. The zero-order valence-electron chi connectivity index (χ0n) is 16.0. The van der Waals surface area contributed by atoms with Crippen LogP contribution in [0.4, 0.5) is 5.69 Å². The number of benzene rings is 1. The number of aromatic amines is 1. The first-order valence-corrected chi connectivity index (χ1v) is 8.71. The summed E-state index contributed by atoms with van der Waals surface area (Å²) in [5.74, 6) is 0.0254. The molecular formula is C20H26N2O4. The summed E-state index contributed by atoms with van der Waals surface area (Å²) in [6.07, 6.45) is 2.08. The number of hydrogen-bond acceptors (Lipinski definition) is 4. The summed E-state index contributed by atoms with van der Waals surface area (Å²) >= 11 is 0. The molecule has 0 radical (unpaired) electrons. The van der Waals surface area contributed by atoms with Crippen LogP contribution in [0.3, 0.4) is 0 Å². The molecule has 2 aromatic rings. The Bertz CT molecular complexity index is 808. The molecule has 6 nitrogen and oxygen atoms in total. The summed E-state index contributed by atoms with van der Waals surface area (Å²) < 4.78 is 10.5. The van der Waals surface area contributed by atoms with Crippen LogP contribution < -0.4 is 10.1 Å². The Hall–Kier alpha value is -2.76. The van der Waals surface area contributed by atoms with Gasteiger partial charge in [-0.15, -0.1) is 0 Å². The van der Waals surface area contributed by atoms with E-state index in [2.05, 4.69) is 17.2 Å². The highest BCUT2D eigenvalue weighted by Crippen LogP contribution is 2.24. The fraction of sp³-hybridized carbons (Fsp3) is 0.400. The molecule has 1 aromatic carbocycles. The zero-order valence-corrected chi connectivity index (χ0v) is 16.0. The average molecular weight is 358 g/mol. The number of nitrogens with one attached hydrogen (secondary N) is 2. The van der Waals surface area contributed by atoms with Crippen LogP contribution in [-0.4, -0.2) is 30.6 Å². The number of hydrogen-bond donors (Lipinski definition) is 2. The molecule has 0 bridgehead atoms. The number of unbranched alkanes of at least 4 members (excludes halogenated alkanes) is 1. The molecule has 0 saturated carbocycles. The number of H-pyrrole nitrogens is 1. The van der Waals surface area contributed by atoms with Gasteiger partial charge in [0.15, 0.2) is 0 Å². The van der Waals surface area contributed by atoms with Gasteiger partial charge in [0, 0.05) is 11.4 Å². The van der Waals surface area contributed by atoms with Crippen LogP contribution in [0.5, 0.6) is 5.75 Å². The molecule has 0 spiro atoms. The molecule has 140 valence electrons. The fourth-order valence-electron chi connectivity index (χ4n) is 2.77. The van der Waals surface area contributed by atoms with Gasteiger partial charge >= 0.3 is 5.97 Å². The number of amides is 1. The van der Waals surface area contributed by atoms with E-state index in [0.717, 1.165) is 24.2 Å². The number of ether oxygens (including phenoxy) is 2. The van der Waals surface area contributed by atoms with Gasteiger partial charge in [-0.05, 0) is 56.5 Å². The van der Waals surface area contributed by atoms with E-state index < -0.39 is 5.97 Å². The lowest BCUT2D eigenvalue weighted by atomic mass is 10.1. The Morgan fingerprint density at radius 1 is 1.19 bits per heavy atom. The number of carbonyl (C=O) groups excluding carboxylic acids is 2. The predicted molar refractivity (Wildman–Crippen MR) is 101 cm³/mol. The van der Waals surface area contributed by atoms with Gasteiger partial charge in [0.05, 0.1) is 19.3 Å². The molecule has 2 N–H and O–H groups in total. The van der Waals surface area contributed by atoms with Crippen molar-refractivity contribution >= 4 is 17.6 Å². The number of carbonyl (C=O) groups is 2. The fourth-order valence-corrected chi connectivity index (χ4v) is 2.77. The van der Waals surface area contributed by atoms with Gasteiger partial charge < -0.3 is 19.8 Å². The molecule has 0 aliphatic heterocycles. The van der Waals surface area contributed by atoms with E-state index in [-0.39, 0.29) is 5.91 Å². The number of aryl methyl sites for hydroxylation is 2. The van der Waals surface area contributed by atoms with Crippen molar-refractivity contribution in [3.05, 3.63) is 46.3 Å². The van der Waals surface area contributed by atoms with Crippen molar-refractivity contribution in [3.63, 3.8) is 0 Å². The molecule has 2 rings (SSSR count). The number of aromatic nitrogens is 1. The molecule has 0 atom stereocenters. The van der Waals surface area contributed by atoms with E-state index in [1.165, 1.54) is 7.11 Å². The molecule has 26 heavy (non-hydrogen) atoms. The lowest BCUT2D eigenvalue weighted by molar-refractivity contribution is 0.0599. The Kier molecular flexibility index (Phi) is 6.44. The van der Waals surface area contributed by atoms with Gasteiger partial charge in [0.25, 0.3) is 5.91 Å². The number of rotatable bonds is 7. The molecule has 1 amide bonds. The maximum Gasteiger partial charge on any atom is 0.339 e. The van der Waals surface area contributed by atoms with Crippen molar-refractivity contribution in [2.24, 2.45) is 0 Å². The summed E-state index contributed by atoms with van der Waals surface area (Å²) in [7, 11) is 1.32. The normalized spacial score (nSPS) is 10.5. The summed E-state index contributed by atoms with van der Waals surface area (Å²) in [4.78, 5) is 27.5. The maximum absolute atomic E-state index is 12.6. The van der Waals surface area contributed by atoms with Gasteiger partial charge in [0.2, 0.25) is 0 Å². The van der Waals surface area contributed by atoms with Crippen LogP contribution in [0, 0.1) is 20.8 Å². The Morgan fingerprint density at radius 2 is 1.92 bits per heavy atom. The van der Waals surface area contributed by atoms with E-state index >= 15 is 0 Å². The first-order valence-electron chi connectivity index (χ1n) is 8.71. The van der Waals surface area contributed by atoms with Gasteiger partial charge in [-0.2, -0.15) is 0 Å². The third kappa shape index (κ3) is 4.25. The summed E-state index contributed by atoms with van der Waals surface area (Å²) in [5, 5.41) is 2.88. The minimum absolute atomic E-state index is 0.302. The standard InChI is InChI=1S/C20H26N2O4/c1-6-7-10-26-15-8-9-16(12(2)11-15)22-19(23)18-13(3)17(14(4)21-18)20(24)25-5/h8-9,11,21H,6-7,10H2,1-5H3,(H,22,23). The van der Waals surface area contributed by atoms with Gasteiger partial charge in [0.1, 0.15) is 11.4 Å². The van der Waals surface area contributed by atoms with Crippen LogP contribution in [-0.2, 0) is 4.74 Å². The van der Waals surface area contributed by atoms with Crippen LogP contribution in [0.2, 0.25) is 0 Å². The first-order chi connectivity index (χ1) is 12.4. The second-order valence-corrected chi connectivity index (χ2v) is 6.25. The smallest absolute Gasteiger partial charge is 0.339 e. The van der Waals surface area contributed by atoms with Crippen molar-refractivity contribution < 1.29 is 19.1 Å². The van der Waals surface area contributed by atoms with E-state index in [1.807, 2.05) is 25.1 Å². The van der Waals surface area contributed by atoms with Gasteiger partial charge in [-0.1, -0.05) is 13.3 Å². The SMILES string of the molecule is CCCCOc1ccc(NC(=O)c2[nH]c(C)c(C(=O)OC)c2C)c(C)c1. The van der Waals surface area contributed by atoms with Crippen molar-refractivity contribution in [2.45, 2.75) is 40.5 Å². The Balaban J connectivity index is 2.16. The summed E-state index contributed by atoms with van der Waals surface area (Å²) in [6.45, 7) is 8.17. The van der Waals surface area contributed by atoms with Gasteiger partial charge in [-0.3, -0.25) is 4.79 Å². The molecule has 0 aliphatic rings. The van der Waals surface area contributed by atoms with Crippen molar-refractivity contribution in [3.8, 4) is 5.75 Å². The average Bonchev–Trinajstić information content (AvgIpc) is 2.91. The molecule has 0 aliphatic carbocycles. The predicted octanol–water partition coefficient (Wildman–Crippen LogP) is 4.16. The first kappa shape index (κ1) is 19.6. The quantitative estimate of drug-likeness (QED) is 0.575. The minimum Gasteiger partial charge on any atom is -0.494 e. The van der Waals surface area contributed by atoms with Crippen LogP contribution in [0.15, 0.2) is 18.2 Å². The highest BCUT2D eigenvalue weighted by Gasteiger charge is 2.22. The van der Waals surface area contributed by atoms with E-state index in [4.69, 9.17) is 9.47 Å².